The van der Waals surface area contributed by atoms with Crippen LogP contribution >= 0.6 is 11.3 Å². The lowest BCUT2D eigenvalue weighted by Gasteiger charge is -2.26. The summed E-state index contributed by atoms with van der Waals surface area (Å²) < 4.78 is 10.4. The van der Waals surface area contributed by atoms with Crippen molar-refractivity contribution in [2.75, 3.05) is 44.9 Å². The number of carbonyl (C=O) groups excluding carboxylic acids is 3. The summed E-state index contributed by atoms with van der Waals surface area (Å²) in [6.07, 6.45) is 0. The number of thiophene rings is 1. The van der Waals surface area contributed by atoms with E-state index in [2.05, 4.69) is 0 Å². The van der Waals surface area contributed by atoms with E-state index in [1.54, 1.807) is 48.3 Å². The number of nitrogens with zero attached hydrogens (tertiary/aromatic N) is 2. The van der Waals surface area contributed by atoms with Crippen molar-refractivity contribution in [3.8, 4) is 0 Å². The second kappa shape index (κ2) is 8.79. The van der Waals surface area contributed by atoms with Crippen LogP contribution in [-0.4, -0.2) is 62.6 Å². The molecule has 0 N–H and O–H groups in total. The van der Waals surface area contributed by atoms with Crippen LogP contribution in [0.2, 0.25) is 0 Å². The van der Waals surface area contributed by atoms with E-state index in [-0.39, 0.29) is 24.0 Å². The molecule has 0 saturated carbocycles. The Morgan fingerprint density at radius 1 is 1.15 bits per heavy atom. The van der Waals surface area contributed by atoms with Gasteiger partial charge in [0.25, 0.3) is 11.8 Å². The molecule has 1 aromatic carbocycles. The van der Waals surface area contributed by atoms with Crippen molar-refractivity contribution in [3.63, 3.8) is 0 Å². The number of carbonyl (C=O) groups is 3. The van der Waals surface area contributed by atoms with Gasteiger partial charge in [-0.05, 0) is 23.6 Å². The number of amides is 2. The van der Waals surface area contributed by atoms with Gasteiger partial charge < -0.3 is 19.3 Å². The predicted octanol–water partition coefficient (Wildman–Crippen LogP) is 2.04. The fraction of sp³-hybridized carbons (Fsp3) is 0.316. The van der Waals surface area contributed by atoms with Gasteiger partial charge in [0.2, 0.25) is 0 Å². The molecule has 1 aromatic heterocycles. The zero-order chi connectivity index (χ0) is 19.2. The highest BCUT2D eigenvalue weighted by molar-refractivity contribution is 7.12. The molecule has 0 bridgehead atoms. The lowest BCUT2D eigenvalue weighted by Crippen LogP contribution is -2.42. The predicted molar refractivity (Wildman–Crippen MR) is 101 cm³/mol. The minimum Gasteiger partial charge on any atom is -0.452 e. The van der Waals surface area contributed by atoms with Crippen LogP contribution in [0.1, 0.15) is 20.0 Å². The number of benzene rings is 1. The highest BCUT2D eigenvalue weighted by atomic mass is 32.1. The lowest BCUT2D eigenvalue weighted by molar-refractivity contribution is -0.138. The average molecular weight is 388 g/mol. The molecule has 0 unspecified atom stereocenters. The van der Waals surface area contributed by atoms with E-state index >= 15 is 0 Å². The smallest absolute Gasteiger partial charge is 0.340 e. The van der Waals surface area contributed by atoms with Gasteiger partial charge in [0.05, 0.1) is 29.3 Å². The molecule has 0 aliphatic carbocycles. The number of rotatable bonds is 5. The third kappa shape index (κ3) is 4.53. The van der Waals surface area contributed by atoms with Crippen molar-refractivity contribution in [2.24, 2.45) is 0 Å². The quantitative estimate of drug-likeness (QED) is 0.733. The van der Waals surface area contributed by atoms with Crippen molar-refractivity contribution < 1.29 is 23.9 Å². The summed E-state index contributed by atoms with van der Waals surface area (Å²) in [5.74, 6) is -1.11. The summed E-state index contributed by atoms with van der Waals surface area (Å²) >= 11 is 1.33. The van der Waals surface area contributed by atoms with Crippen molar-refractivity contribution in [1.82, 2.24) is 4.90 Å². The van der Waals surface area contributed by atoms with Crippen LogP contribution in [-0.2, 0) is 14.3 Å². The monoisotopic (exact) mass is 388 g/mol. The molecule has 142 valence electrons. The average Bonchev–Trinajstić information content (AvgIpc) is 3.26. The zero-order valence-corrected chi connectivity index (χ0v) is 15.7. The lowest BCUT2D eigenvalue weighted by atomic mass is 10.1. The molecule has 8 heteroatoms. The van der Waals surface area contributed by atoms with Gasteiger partial charge in [-0.15, -0.1) is 11.3 Å². The topological polar surface area (TPSA) is 76.2 Å². The van der Waals surface area contributed by atoms with Crippen LogP contribution in [0.4, 0.5) is 5.69 Å². The molecule has 3 rings (SSSR count). The first-order valence-corrected chi connectivity index (χ1v) is 9.39. The van der Waals surface area contributed by atoms with Gasteiger partial charge in [0, 0.05) is 20.1 Å². The fourth-order valence-electron chi connectivity index (χ4n) is 2.72. The largest absolute Gasteiger partial charge is 0.452 e. The molecule has 0 spiro atoms. The molecule has 0 radical (unpaired) electrons. The van der Waals surface area contributed by atoms with Gasteiger partial charge in [0.1, 0.15) is 0 Å². The van der Waals surface area contributed by atoms with E-state index < -0.39 is 5.97 Å². The Morgan fingerprint density at radius 3 is 2.59 bits per heavy atom. The highest BCUT2D eigenvalue weighted by Gasteiger charge is 2.23. The molecule has 2 heterocycles. The number of hydrogen-bond donors (Lipinski definition) is 0. The third-order valence-electron chi connectivity index (χ3n) is 4.21. The van der Waals surface area contributed by atoms with Crippen LogP contribution in [0.15, 0.2) is 41.8 Å². The van der Waals surface area contributed by atoms with Gasteiger partial charge in [-0.2, -0.15) is 0 Å². The Kier molecular flexibility index (Phi) is 6.20. The Morgan fingerprint density at radius 2 is 1.89 bits per heavy atom. The summed E-state index contributed by atoms with van der Waals surface area (Å²) in [5, 5.41) is 1.82. The van der Waals surface area contributed by atoms with E-state index in [1.807, 2.05) is 5.38 Å². The number of esters is 1. The number of morpholine rings is 1. The Bertz CT molecular complexity index is 815. The Labute approximate surface area is 161 Å². The summed E-state index contributed by atoms with van der Waals surface area (Å²) in [5.41, 5.74) is 0.666. The first kappa shape index (κ1) is 19.1. The summed E-state index contributed by atoms with van der Waals surface area (Å²) in [4.78, 5) is 40.8. The van der Waals surface area contributed by atoms with E-state index in [9.17, 15) is 14.4 Å². The Balaban J connectivity index is 1.68. The summed E-state index contributed by atoms with van der Waals surface area (Å²) in [6.45, 7) is 1.61. The SMILES string of the molecule is CN(C(=O)c1cccs1)c1ccccc1C(=O)OCC(=O)N1CCOCC1. The summed E-state index contributed by atoms with van der Waals surface area (Å²) in [7, 11) is 1.60. The normalized spacial score (nSPS) is 13.9. The van der Waals surface area contributed by atoms with Crippen LogP contribution in [0.25, 0.3) is 0 Å². The molecular formula is C19H20N2O5S. The first-order chi connectivity index (χ1) is 13.1. The van der Waals surface area contributed by atoms with Crippen molar-refractivity contribution >= 4 is 34.8 Å². The molecule has 2 amide bonds. The fourth-order valence-corrected chi connectivity index (χ4v) is 3.42. The van der Waals surface area contributed by atoms with Gasteiger partial charge in [-0.3, -0.25) is 9.59 Å². The van der Waals surface area contributed by atoms with E-state index in [1.165, 1.54) is 16.2 Å². The maximum absolute atomic E-state index is 12.6. The molecule has 0 atom stereocenters. The zero-order valence-electron chi connectivity index (χ0n) is 14.9. The Hall–Kier alpha value is -2.71. The minimum atomic E-state index is -0.641. The minimum absolute atomic E-state index is 0.213. The van der Waals surface area contributed by atoms with E-state index in [4.69, 9.17) is 9.47 Å². The number of ether oxygens (including phenoxy) is 2. The molecule has 7 nitrogen and oxygen atoms in total. The van der Waals surface area contributed by atoms with Crippen LogP contribution in [0.5, 0.6) is 0 Å². The number of para-hydroxylation sites is 1. The van der Waals surface area contributed by atoms with Crippen molar-refractivity contribution in [1.29, 1.82) is 0 Å². The molecular weight excluding hydrogens is 368 g/mol. The maximum atomic E-state index is 12.6. The maximum Gasteiger partial charge on any atom is 0.340 e. The standard InChI is InChI=1S/C19H20N2O5S/c1-20(18(23)16-7-4-12-27-16)15-6-3-2-5-14(15)19(24)26-13-17(22)21-8-10-25-11-9-21/h2-7,12H,8-11,13H2,1H3. The van der Waals surface area contributed by atoms with Crippen molar-refractivity contribution in [3.05, 3.63) is 52.2 Å². The van der Waals surface area contributed by atoms with Crippen molar-refractivity contribution in [2.45, 2.75) is 0 Å². The molecule has 1 fully saturated rings. The van der Waals surface area contributed by atoms with E-state index in [0.29, 0.717) is 36.9 Å². The summed E-state index contributed by atoms with van der Waals surface area (Å²) in [6, 6.07) is 10.2. The van der Waals surface area contributed by atoms with Crippen LogP contribution in [0, 0.1) is 0 Å². The van der Waals surface area contributed by atoms with Gasteiger partial charge >= 0.3 is 5.97 Å². The van der Waals surface area contributed by atoms with Gasteiger partial charge in [0.15, 0.2) is 6.61 Å². The molecule has 1 saturated heterocycles. The van der Waals surface area contributed by atoms with E-state index in [0.717, 1.165) is 0 Å². The van der Waals surface area contributed by atoms with Gasteiger partial charge in [-0.25, -0.2) is 4.79 Å². The molecule has 1 aliphatic rings. The van der Waals surface area contributed by atoms with Crippen LogP contribution < -0.4 is 4.90 Å². The molecule has 27 heavy (non-hydrogen) atoms. The van der Waals surface area contributed by atoms with Gasteiger partial charge in [-0.1, -0.05) is 18.2 Å². The second-order valence-electron chi connectivity index (χ2n) is 5.93. The second-order valence-corrected chi connectivity index (χ2v) is 6.88. The van der Waals surface area contributed by atoms with Crippen LogP contribution in [0.3, 0.4) is 0 Å². The third-order valence-corrected chi connectivity index (χ3v) is 5.07. The first-order valence-electron chi connectivity index (χ1n) is 8.51. The number of hydrogen-bond acceptors (Lipinski definition) is 6. The molecule has 2 aromatic rings. The highest BCUT2D eigenvalue weighted by Crippen LogP contribution is 2.23. The number of anilines is 1. The molecule has 1 aliphatic heterocycles.